The van der Waals surface area contributed by atoms with Gasteiger partial charge in [-0.3, -0.25) is 0 Å². The van der Waals surface area contributed by atoms with Crippen molar-refractivity contribution in [3.8, 4) is 34.0 Å². The van der Waals surface area contributed by atoms with Crippen molar-refractivity contribution in [1.82, 2.24) is 0 Å². The van der Waals surface area contributed by atoms with Crippen LogP contribution >= 0.6 is 0 Å². The van der Waals surface area contributed by atoms with Crippen LogP contribution in [0, 0.1) is 13.8 Å². The summed E-state index contributed by atoms with van der Waals surface area (Å²) >= 11 is 0. The maximum atomic E-state index is 10.7. The van der Waals surface area contributed by atoms with Crippen LogP contribution in [0.4, 0.5) is 26.3 Å². The van der Waals surface area contributed by atoms with Crippen LogP contribution in [-0.4, -0.2) is 51.2 Å². The molecule has 0 spiro atoms. The number of hydrogen-bond acceptors (Lipinski definition) is 8. The fraction of sp³-hybridized carbons (Fsp3) is 0.200. The summed E-state index contributed by atoms with van der Waals surface area (Å²) in [5.41, 5.74) is 4.69. The van der Waals surface area contributed by atoms with E-state index in [0.717, 1.165) is 48.2 Å². The topological polar surface area (TPSA) is 141 Å². The molecule has 0 radical (unpaired) electrons. The summed E-state index contributed by atoms with van der Waals surface area (Å²) in [6, 6.07) is 34.7. The summed E-state index contributed by atoms with van der Waals surface area (Å²) in [5.74, 6) is 1.80. The number of aryl methyl sites for hydroxylation is 2. The van der Waals surface area contributed by atoms with E-state index in [2.05, 4.69) is 157 Å². The van der Waals surface area contributed by atoms with Gasteiger partial charge in [0.2, 0.25) is 11.4 Å². The molecule has 2 aromatic heterocycles. The van der Waals surface area contributed by atoms with Crippen molar-refractivity contribution in [2.45, 2.75) is 50.8 Å². The number of fused-ring (bicyclic) bond motifs is 9. The standard InChI is InChI=1S/C48H42N2O2.2CHF3O3S/c1-31-32(2)38-24-28-50-26-22-34(14-16-36-18-20-46(52-4)42-12-8-6-10-40(36)42)30-44(50)48(38)47-37(31)23-27-49-25-21-33(29-43(47)49)13-15-35-17-19-45(51-3)41-11-7-5-9-39(35)41;2*2-1(3,4)8(5,6)7/h5-22,25-26,29-30H,23-24,27-28H2,1-4H3;2*(H,5,6,7)/q+2;;/p-2/b15-13+,16-14+;;. The number of methoxy groups -OCH3 is 2. The zero-order valence-electron chi connectivity index (χ0n) is 36.8. The first-order valence-electron chi connectivity index (χ1n) is 20.8. The average molecular weight is 977 g/mol. The number of halogens is 6. The second-order valence-electron chi connectivity index (χ2n) is 15.8. The minimum Gasteiger partial charge on any atom is -0.741 e. The van der Waals surface area contributed by atoms with Crippen LogP contribution in [0.1, 0.15) is 44.5 Å². The van der Waals surface area contributed by atoms with E-state index in [1.165, 1.54) is 77.8 Å². The van der Waals surface area contributed by atoms with Gasteiger partial charge in [0, 0.05) is 47.9 Å². The summed E-state index contributed by atoms with van der Waals surface area (Å²) in [6.45, 7) is 6.63. The number of rotatable bonds is 6. The fourth-order valence-corrected chi connectivity index (χ4v) is 8.51. The van der Waals surface area contributed by atoms with E-state index in [1.54, 1.807) is 14.2 Å². The van der Waals surface area contributed by atoms with Crippen molar-refractivity contribution in [3.05, 3.63) is 154 Å². The highest BCUT2D eigenvalue weighted by atomic mass is 32.2. The van der Waals surface area contributed by atoms with E-state index in [0.29, 0.717) is 0 Å². The summed E-state index contributed by atoms with van der Waals surface area (Å²) in [4.78, 5) is 0. The number of nitrogens with zero attached hydrogens (tertiary/aromatic N) is 2. The van der Waals surface area contributed by atoms with Crippen molar-refractivity contribution < 1.29 is 70.9 Å². The van der Waals surface area contributed by atoms with Crippen molar-refractivity contribution in [3.63, 3.8) is 0 Å². The van der Waals surface area contributed by atoms with Crippen LogP contribution < -0.4 is 18.6 Å². The Morgan fingerprint density at radius 1 is 0.529 bits per heavy atom. The molecule has 0 saturated carbocycles. The number of pyridine rings is 2. The quantitative estimate of drug-likeness (QED) is 0.0694. The number of aromatic nitrogens is 2. The van der Waals surface area contributed by atoms with Crippen LogP contribution in [0.2, 0.25) is 0 Å². The molecule has 18 heteroatoms. The number of hydrogen-bond donors (Lipinski definition) is 0. The van der Waals surface area contributed by atoms with Crippen LogP contribution in [-0.2, 0) is 46.2 Å². The van der Waals surface area contributed by atoms with Gasteiger partial charge in [0.15, 0.2) is 45.7 Å². The monoisotopic (exact) mass is 976 g/mol. The molecule has 0 amide bonds. The third kappa shape index (κ3) is 10.1. The van der Waals surface area contributed by atoms with E-state index in [1.807, 2.05) is 0 Å². The highest BCUT2D eigenvalue weighted by molar-refractivity contribution is 7.86. The Labute approximate surface area is 388 Å². The minimum atomic E-state index is -6.09. The molecule has 5 aromatic carbocycles. The van der Waals surface area contributed by atoms with Gasteiger partial charge >= 0.3 is 11.0 Å². The highest BCUT2D eigenvalue weighted by Gasteiger charge is 2.38. The van der Waals surface area contributed by atoms with Crippen molar-refractivity contribution in [2.75, 3.05) is 14.2 Å². The zero-order valence-corrected chi connectivity index (χ0v) is 38.4. The minimum absolute atomic E-state index is 0.899. The van der Waals surface area contributed by atoms with E-state index in [4.69, 9.17) is 35.4 Å². The van der Waals surface area contributed by atoms with E-state index < -0.39 is 31.3 Å². The van der Waals surface area contributed by atoms with Gasteiger partial charge in [0.25, 0.3) is 0 Å². The lowest BCUT2D eigenvalue weighted by Crippen LogP contribution is -2.43. The SMILES string of the molecule is COc1ccc(/C=C/c2cc[n+]3c(c2)-c2c(c(C)c(C)c4c2-c2cc(/C=C/c5ccc(OC)c6ccccc56)cc[n+]2CC4)CC3)c2ccccc12.O=S(=O)([O-])C(F)(F)F.O=S(=O)([O-])C(F)(F)F. The van der Waals surface area contributed by atoms with Gasteiger partial charge in [-0.05, 0) is 81.3 Å². The third-order valence-electron chi connectivity index (χ3n) is 11.9. The molecule has 10 nitrogen and oxygen atoms in total. The molecule has 0 bridgehead atoms. The van der Waals surface area contributed by atoms with Gasteiger partial charge in [0.1, 0.15) is 11.5 Å². The normalized spacial score (nSPS) is 13.5. The summed E-state index contributed by atoms with van der Waals surface area (Å²) in [7, 11) is -8.71. The van der Waals surface area contributed by atoms with Crippen LogP contribution in [0.5, 0.6) is 11.5 Å². The first-order chi connectivity index (χ1) is 32.0. The van der Waals surface area contributed by atoms with Crippen molar-refractivity contribution in [1.29, 1.82) is 0 Å². The first-order valence-corrected chi connectivity index (χ1v) is 23.6. The maximum Gasteiger partial charge on any atom is 0.485 e. The Balaban J connectivity index is 0.000000368. The molecule has 0 fully saturated rings. The van der Waals surface area contributed by atoms with Crippen molar-refractivity contribution >= 4 is 66.1 Å². The second kappa shape index (κ2) is 19.2. The summed E-state index contributed by atoms with van der Waals surface area (Å²) < 4.78 is 134. The maximum absolute atomic E-state index is 10.7. The molecule has 4 heterocycles. The van der Waals surface area contributed by atoms with Gasteiger partial charge in [-0.25, -0.2) is 16.8 Å². The number of benzene rings is 5. The molecule has 354 valence electrons. The largest absolute Gasteiger partial charge is 0.741 e. The Morgan fingerprint density at radius 2 is 0.868 bits per heavy atom. The molecule has 0 unspecified atom stereocenters. The van der Waals surface area contributed by atoms with E-state index in [-0.39, 0.29) is 0 Å². The molecule has 0 atom stereocenters. The summed E-state index contributed by atoms with van der Waals surface area (Å²) in [5, 5.41) is 4.63. The number of alkyl halides is 6. The van der Waals surface area contributed by atoms with Gasteiger partial charge in [-0.15, -0.1) is 0 Å². The Hall–Kier alpha value is -6.60. The second-order valence-corrected chi connectivity index (χ2v) is 18.5. The van der Waals surface area contributed by atoms with E-state index in [9.17, 15) is 26.3 Å². The summed E-state index contributed by atoms with van der Waals surface area (Å²) in [6.07, 6.45) is 15.6. The third-order valence-corrected chi connectivity index (χ3v) is 13.0. The molecule has 68 heavy (non-hydrogen) atoms. The van der Waals surface area contributed by atoms with Gasteiger partial charge < -0.3 is 18.6 Å². The van der Waals surface area contributed by atoms with Gasteiger partial charge in [-0.2, -0.15) is 35.5 Å². The molecule has 0 saturated heterocycles. The predicted molar refractivity (Wildman–Crippen MR) is 245 cm³/mol. The van der Waals surface area contributed by atoms with Crippen LogP contribution in [0.3, 0.4) is 0 Å². The smallest absolute Gasteiger partial charge is 0.485 e. The Bertz CT molecular complexity index is 3160. The van der Waals surface area contributed by atoms with Crippen molar-refractivity contribution in [2.24, 2.45) is 0 Å². The Morgan fingerprint density at radius 3 is 1.19 bits per heavy atom. The van der Waals surface area contributed by atoms with Crippen LogP contribution in [0.15, 0.2) is 109 Å². The lowest BCUT2D eigenvalue weighted by atomic mass is 9.79. The van der Waals surface area contributed by atoms with Gasteiger partial charge in [-0.1, -0.05) is 85.0 Å². The zero-order chi connectivity index (χ0) is 49.3. The molecular weight excluding hydrogens is 935 g/mol. The highest BCUT2D eigenvalue weighted by Crippen LogP contribution is 2.43. The Kier molecular flexibility index (Phi) is 13.9. The molecule has 2 aliphatic rings. The lowest BCUT2D eigenvalue weighted by Gasteiger charge is -2.27. The first kappa shape index (κ1) is 49.3. The molecular formula is C50H42F6N2O8S2. The van der Waals surface area contributed by atoms with Crippen LogP contribution in [0.25, 0.3) is 68.4 Å². The fourth-order valence-electron chi connectivity index (χ4n) is 8.51. The molecule has 0 N–H and O–H groups in total. The number of ether oxygens (including phenoxy) is 2. The molecule has 2 aliphatic heterocycles. The average Bonchev–Trinajstić information content (AvgIpc) is 3.30. The predicted octanol–water partition coefficient (Wildman–Crippen LogP) is 10.1. The molecule has 9 rings (SSSR count). The van der Waals surface area contributed by atoms with Gasteiger partial charge in [0.05, 0.1) is 25.3 Å². The molecule has 0 aliphatic carbocycles. The lowest BCUT2D eigenvalue weighted by molar-refractivity contribution is -0.689. The molecule has 7 aromatic rings. The van der Waals surface area contributed by atoms with E-state index >= 15 is 0 Å².